The standard InChI is InChI=1S/C5H11NO3/c1-6(2)5(7)9-4-8-3/h4H2,1-3H3. The normalized spacial score (nSPS) is 8.78. The van der Waals surface area contributed by atoms with Crippen LogP contribution in [0.3, 0.4) is 0 Å². The van der Waals surface area contributed by atoms with Crippen molar-refractivity contribution in [2.45, 2.75) is 0 Å². The molecule has 54 valence electrons. The molecule has 0 aliphatic rings. The van der Waals surface area contributed by atoms with Gasteiger partial charge in [-0.25, -0.2) is 4.79 Å². The summed E-state index contributed by atoms with van der Waals surface area (Å²) >= 11 is 0. The number of carbonyl (C=O) groups excluding carboxylic acids is 1. The highest BCUT2D eigenvalue weighted by Gasteiger charge is 2.01. The Morgan fingerprint density at radius 2 is 2.11 bits per heavy atom. The Bertz CT molecular complexity index is 92.2. The Balaban J connectivity index is 3.28. The number of hydrogen-bond acceptors (Lipinski definition) is 3. The molecule has 0 aliphatic heterocycles. The first kappa shape index (κ1) is 8.23. The van der Waals surface area contributed by atoms with E-state index in [0.29, 0.717) is 0 Å². The van der Waals surface area contributed by atoms with E-state index in [4.69, 9.17) is 0 Å². The van der Waals surface area contributed by atoms with Gasteiger partial charge in [0.05, 0.1) is 0 Å². The number of ether oxygens (including phenoxy) is 2. The van der Waals surface area contributed by atoms with Crippen LogP contribution in [-0.4, -0.2) is 39.0 Å². The average molecular weight is 133 g/mol. The Morgan fingerprint density at radius 1 is 1.56 bits per heavy atom. The molecule has 0 heterocycles. The summed E-state index contributed by atoms with van der Waals surface area (Å²) in [5.74, 6) is 0. The summed E-state index contributed by atoms with van der Waals surface area (Å²) in [5.41, 5.74) is 0. The van der Waals surface area contributed by atoms with Crippen molar-refractivity contribution in [1.82, 2.24) is 4.90 Å². The smallest absolute Gasteiger partial charge is 0.411 e. The van der Waals surface area contributed by atoms with E-state index in [-0.39, 0.29) is 6.79 Å². The number of rotatable bonds is 2. The molecule has 9 heavy (non-hydrogen) atoms. The molecule has 0 fully saturated rings. The zero-order valence-electron chi connectivity index (χ0n) is 5.88. The second-order valence-electron chi connectivity index (χ2n) is 1.71. The lowest BCUT2D eigenvalue weighted by atomic mass is 10.9. The van der Waals surface area contributed by atoms with Crippen LogP contribution >= 0.6 is 0 Å². The molecule has 0 unspecified atom stereocenters. The minimum Gasteiger partial charge on any atom is -0.422 e. The number of methoxy groups -OCH3 is 1. The molecule has 0 rings (SSSR count). The molecule has 4 nitrogen and oxygen atoms in total. The van der Waals surface area contributed by atoms with Crippen molar-refractivity contribution in [1.29, 1.82) is 0 Å². The SMILES string of the molecule is COCOC(=O)N(C)C. The van der Waals surface area contributed by atoms with Crippen molar-refractivity contribution in [3.05, 3.63) is 0 Å². The maximum Gasteiger partial charge on any atom is 0.411 e. The van der Waals surface area contributed by atoms with E-state index in [1.54, 1.807) is 14.1 Å². The van der Waals surface area contributed by atoms with Crippen LogP contribution < -0.4 is 0 Å². The lowest BCUT2D eigenvalue weighted by Gasteiger charge is -2.09. The van der Waals surface area contributed by atoms with Gasteiger partial charge in [0.1, 0.15) is 0 Å². The largest absolute Gasteiger partial charge is 0.422 e. The summed E-state index contributed by atoms with van der Waals surface area (Å²) < 4.78 is 9.01. The summed E-state index contributed by atoms with van der Waals surface area (Å²) in [4.78, 5) is 11.9. The van der Waals surface area contributed by atoms with E-state index in [9.17, 15) is 4.79 Å². The molecule has 0 N–H and O–H groups in total. The first-order chi connectivity index (χ1) is 4.18. The number of carbonyl (C=O) groups is 1. The maximum atomic E-state index is 10.5. The molecular weight excluding hydrogens is 122 g/mol. The predicted octanol–water partition coefficient (Wildman–Crippen LogP) is 0.288. The highest BCUT2D eigenvalue weighted by molar-refractivity contribution is 5.66. The number of hydrogen-bond donors (Lipinski definition) is 0. The lowest BCUT2D eigenvalue weighted by Crippen LogP contribution is -2.23. The van der Waals surface area contributed by atoms with Crippen LogP contribution in [0.2, 0.25) is 0 Å². The molecular formula is C5H11NO3. The highest BCUT2D eigenvalue weighted by Crippen LogP contribution is 1.83. The number of amides is 1. The summed E-state index contributed by atoms with van der Waals surface area (Å²) in [6.45, 7) is 0.0109. The van der Waals surface area contributed by atoms with E-state index in [0.717, 1.165) is 0 Å². The summed E-state index contributed by atoms with van der Waals surface area (Å²) in [5, 5.41) is 0. The van der Waals surface area contributed by atoms with Crippen molar-refractivity contribution in [3.8, 4) is 0 Å². The monoisotopic (exact) mass is 133 g/mol. The molecule has 0 aromatic carbocycles. The van der Waals surface area contributed by atoms with Gasteiger partial charge in [0.2, 0.25) is 0 Å². The molecule has 0 atom stereocenters. The first-order valence-corrected chi connectivity index (χ1v) is 2.51. The summed E-state index contributed by atoms with van der Waals surface area (Å²) in [7, 11) is 4.68. The average Bonchev–Trinajstić information content (AvgIpc) is 1.82. The minimum atomic E-state index is -0.392. The van der Waals surface area contributed by atoms with Gasteiger partial charge in [-0.1, -0.05) is 0 Å². The van der Waals surface area contributed by atoms with Crippen LogP contribution in [-0.2, 0) is 9.47 Å². The van der Waals surface area contributed by atoms with Crippen LogP contribution in [0.5, 0.6) is 0 Å². The molecule has 0 spiro atoms. The van der Waals surface area contributed by atoms with Crippen molar-refractivity contribution in [2.75, 3.05) is 28.0 Å². The Labute approximate surface area is 54.3 Å². The van der Waals surface area contributed by atoms with Crippen molar-refractivity contribution >= 4 is 6.09 Å². The second-order valence-corrected chi connectivity index (χ2v) is 1.71. The van der Waals surface area contributed by atoms with Crippen LogP contribution in [0.15, 0.2) is 0 Å². The minimum absolute atomic E-state index is 0.0109. The van der Waals surface area contributed by atoms with Gasteiger partial charge in [-0.15, -0.1) is 0 Å². The van der Waals surface area contributed by atoms with Crippen molar-refractivity contribution < 1.29 is 14.3 Å². The third kappa shape index (κ3) is 3.78. The summed E-state index contributed by atoms with van der Waals surface area (Å²) in [6, 6.07) is 0. The third-order valence-electron chi connectivity index (χ3n) is 0.665. The molecule has 0 aromatic heterocycles. The fourth-order valence-electron chi connectivity index (χ4n) is 0.238. The van der Waals surface area contributed by atoms with E-state index < -0.39 is 6.09 Å². The lowest BCUT2D eigenvalue weighted by molar-refractivity contribution is 0.000893. The van der Waals surface area contributed by atoms with Gasteiger partial charge in [0.15, 0.2) is 6.79 Å². The molecule has 1 amide bonds. The maximum absolute atomic E-state index is 10.5. The van der Waals surface area contributed by atoms with Gasteiger partial charge in [-0.05, 0) is 0 Å². The van der Waals surface area contributed by atoms with E-state index in [2.05, 4.69) is 9.47 Å². The quantitative estimate of drug-likeness (QED) is 0.508. The van der Waals surface area contributed by atoms with Crippen LogP contribution in [0.1, 0.15) is 0 Å². The zero-order valence-corrected chi connectivity index (χ0v) is 5.88. The number of nitrogens with zero attached hydrogens (tertiary/aromatic N) is 1. The second kappa shape index (κ2) is 4.14. The fraction of sp³-hybridized carbons (Fsp3) is 0.800. The van der Waals surface area contributed by atoms with Gasteiger partial charge in [0.25, 0.3) is 0 Å². The van der Waals surface area contributed by atoms with E-state index in [1.165, 1.54) is 12.0 Å². The zero-order chi connectivity index (χ0) is 7.28. The fourth-order valence-corrected chi connectivity index (χ4v) is 0.238. The van der Waals surface area contributed by atoms with Gasteiger partial charge in [-0.3, -0.25) is 0 Å². The molecule has 0 aromatic rings. The Hall–Kier alpha value is -0.770. The highest BCUT2D eigenvalue weighted by atomic mass is 16.7. The van der Waals surface area contributed by atoms with Gasteiger partial charge in [0, 0.05) is 21.2 Å². The van der Waals surface area contributed by atoms with Crippen LogP contribution in [0, 0.1) is 0 Å². The summed E-state index contributed by atoms with van der Waals surface area (Å²) in [6.07, 6.45) is -0.392. The molecule has 0 bridgehead atoms. The molecule has 0 saturated carbocycles. The van der Waals surface area contributed by atoms with Crippen LogP contribution in [0.25, 0.3) is 0 Å². The topological polar surface area (TPSA) is 38.8 Å². The van der Waals surface area contributed by atoms with Crippen molar-refractivity contribution in [2.24, 2.45) is 0 Å². The van der Waals surface area contributed by atoms with Gasteiger partial charge >= 0.3 is 6.09 Å². The van der Waals surface area contributed by atoms with E-state index in [1.807, 2.05) is 0 Å². The molecule has 0 radical (unpaired) electrons. The van der Waals surface area contributed by atoms with E-state index >= 15 is 0 Å². The van der Waals surface area contributed by atoms with Crippen molar-refractivity contribution in [3.63, 3.8) is 0 Å². The third-order valence-corrected chi connectivity index (χ3v) is 0.665. The van der Waals surface area contributed by atoms with Gasteiger partial charge in [-0.2, -0.15) is 0 Å². The van der Waals surface area contributed by atoms with Crippen LogP contribution in [0.4, 0.5) is 4.79 Å². The predicted molar refractivity (Wildman–Crippen MR) is 32.0 cm³/mol. The Kier molecular flexibility index (Phi) is 3.79. The Morgan fingerprint density at radius 3 is 2.44 bits per heavy atom. The molecule has 0 aliphatic carbocycles. The molecule has 0 saturated heterocycles. The van der Waals surface area contributed by atoms with Gasteiger partial charge < -0.3 is 14.4 Å². The molecule has 4 heteroatoms. The first-order valence-electron chi connectivity index (χ1n) is 2.51.